The highest BCUT2D eigenvalue weighted by molar-refractivity contribution is 14.1. The Bertz CT molecular complexity index is 637. The Morgan fingerprint density at radius 2 is 1.49 bits per heavy atom. The Kier molecular flexibility index (Phi) is 20.0. The number of carbonyl (C=O) groups excluding carboxylic acids is 3. The fraction of sp³-hybridized carbons (Fsp3) is 0.893. The minimum Gasteiger partial charge on any atom is -0.449 e. The molecule has 0 aromatic rings. The van der Waals surface area contributed by atoms with Crippen LogP contribution in [0.5, 0.6) is 0 Å². The molecular weight excluding hydrogens is 585 g/mol. The fourth-order valence-corrected chi connectivity index (χ4v) is 5.14. The van der Waals surface area contributed by atoms with E-state index in [0.29, 0.717) is 23.9 Å². The van der Waals surface area contributed by atoms with E-state index >= 15 is 0 Å². The van der Waals surface area contributed by atoms with E-state index in [9.17, 15) is 14.4 Å². The van der Waals surface area contributed by atoms with Crippen molar-refractivity contribution in [2.24, 2.45) is 0 Å². The van der Waals surface area contributed by atoms with Crippen molar-refractivity contribution in [2.45, 2.75) is 122 Å². The number of halogens is 1. The van der Waals surface area contributed by atoms with Crippen molar-refractivity contribution < 1.29 is 23.9 Å². The van der Waals surface area contributed by atoms with E-state index in [1.807, 2.05) is 6.92 Å². The summed E-state index contributed by atoms with van der Waals surface area (Å²) in [6.07, 6.45) is 17.9. The first-order chi connectivity index (χ1) is 17.9. The smallest absolute Gasteiger partial charge is 0.407 e. The van der Waals surface area contributed by atoms with Crippen LogP contribution in [-0.2, 0) is 14.3 Å². The standard InChI is InChI=1S/C28H52IN3O5/c1-4-5-6-7-8-9-10-11-12-13-14-15-16-18-25(24(2)36-3)30-27(34)37-22-17-20-31-23-26(33)32(21-19-29)28(31)35/h24-25H,4-23H2,1-3H3,(H,30,34). The minimum atomic E-state index is -0.459. The third kappa shape index (κ3) is 15.2. The van der Waals surface area contributed by atoms with E-state index in [1.165, 1.54) is 80.4 Å². The molecule has 0 aromatic carbocycles. The van der Waals surface area contributed by atoms with Gasteiger partial charge in [0.1, 0.15) is 6.54 Å². The van der Waals surface area contributed by atoms with Gasteiger partial charge in [-0.05, 0) is 19.8 Å². The summed E-state index contributed by atoms with van der Waals surface area (Å²) in [4.78, 5) is 39.3. The van der Waals surface area contributed by atoms with E-state index in [2.05, 4.69) is 34.8 Å². The molecule has 0 aliphatic carbocycles. The molecule has 1 saturated heterocycles. The van der Waals surface area contributed by atoms with Crippen molar-refractivity contribution in [3.8, 4) is 0 Å². The largest absolute Gasteiger partial charge is 0.449 e. The summed E-state index contributed by atoms with van der Waals surface area (Å²) >= 11 is 2.15. The summed E-state index contributed by atoms with van der Waals surface area (Å²) in [6.45, 7) is 5.36. The van der Waals surface area contributed by atoms with Crippen LogP contribution >= 0.6 is 22.6 Å². The number of unbranched alkanes of at least 4 members (excludes halogenated alkanes) is 12. The molecule has 9 heteroatoms. The maximum Gasteiger partial charge on any atom is 0.407 e. The van der Waals surface area contributed by atoms with Crippen LogP contribution in [0.3, 0.4) is 0 Å². The number of methoxy groups -OCH3 is 1. The third-order valence-corrected chi connectivity index (χ3v) is 7.59. The fourth-order valence-electron chi connectivity index (χ4n) is 4.66. The Hall–Kier alpha value is -1.10. The average molecular weight is 638 g/mol. The third-order valence-electron chi connectivity index (χ3n) is 7.10. The van der Waals surface area contributed by atoms with Crippen LogP contribution in [-0.4, -0.2) is 77.8 Å². The highest BCUT2D eigenvalue weighted by Crippen LogP contribution is 2.15. The Morgan fingerprint density at radius 3 is 2.03 bits per heavy atom. The predicted molar refractivity (Wildman–Crippen MR) is 157 cm³/mol. The molecule has 37 heavy (non-hydrogen) atoms. The van der Waals surface area contributed by atoms with Crippen molar-refractivity contribution in [1.82, 2.24) is 15.1 Å². The van der Waals surface area contributed by atoms with Crippen LogP contribution in [0.1, 0.15) is 110 Å². The molecule has 4 amide bonds. The van der Waals surface area contributed by atoms with Gasteiger partial charge in [-0.2, -0.15) is 0 Å². The van der Waals surface area contributed by atoms with E-state index in [4.69, 9.17) is 9.47 Å². The molecule has 216 valence electrons. The molecule has 1 fully saturated rings. The van der Waals surface area contributed by atoms with Crippen LogP contribution in [0, 0.1) is 0 Å². The molecule has 0 saturated carbocycles. The van der Waals surface area contributed by atoms with Crippen molar-refractivity contribution >= 4 is 40.6 Å². The van der Waals surface area contributed by atoms with Crippen LogP contribution in [0.25, 0.3) is 0 Å². The van der Waals surface area contributed by atoms with Crippen LogP contribution < -0.4 is 5.32 Å². The number of imide groups is 1. The number of nitrogens with zero attached hydrogens (tertiary/aromatic N) is 2. The molecule has 8 nitrogen and oxygen atoms in total. The second-order valence-electron chi connectivity index (χ2n) is 10.2. The topological polar surface area (TPSA) is 88.2 Å². The molecule has 2 atom stereocenters. The SMILES string of the molecule is CCCCCCCCCCCCCCCC(NC(=O)OCCCN1CC(=O)N(CCI)C1=O)C(C)OC. The first-order valence-corrected chi connectivity index (χ1v) is 16.1. The number of alkyl carbamates (subject to hydrolysis) is 1. The van der Waals surface area contributed by atoms with E-state index in [1.54, 1.807) is 7.11 Å². The van der Waals surface area contributed by atoms with E-state index in [0.717, 1.165) is 19.3 Å². The molecule has 0 aromatic heterocycles. The number of urea groups is 1. The number of hydrogen-bond acceptors (Lipinski definition) is 5. The lowest BCUT2D eigenvalue weighted by Gasteiger charge is -2.24. The van der Waals surface area contributed by atoms with Crippen molar-refractivity contribution in [1.29, 1.82) is 0 Å². The number of rotatable bonds is 23. The van der Waals surface area contributed by atoms with Crippen LogP contribution in [0.4, 0.5) is 9.59 Å². The minimum absolute atomic E-state index is 0.0928. The maximum atomic E-state index is 12.3. The summed E-state index contributed by atoms with van der Waals surface area (Å²) in [7, 11) is 1.66. The normalized spacial score (nSPS) is 15.4. The zero-order chi connectivity index (χ0) is 27.3. The van der Waals surface area contributed by atoms with Gasteiger partial charge in [0.05, 0.1) is 18.8 Å². The van der Waals surface area contributed by atoms with Gasteiger partial charge in [-0.15, -0.1) is 0 Å². The lowest BCUT2D eigenvalue weighted by atomic mass is 10.0. The summed E-state index contributed by atoms with van der Waals surface area (Å²) in [5, 5.41) is 2.95. The summed E-state index contributed by atoms with van der Waals surface area (Å²) in [5.74, 6) is -0.162. The van der Waals surface area contributed by atoms with Gasteiger partial charge in [0.25, 0.3) is 0 Å². The monoisotopic (exact) mass is 637 g/mol. The molecule has 1 heterocycles. The molecule has 0 radical (unpaired) electrons. The Labute approximate surface area is 239 Å². The number of amides is 4. The summed E-state index contributed by atoms with van der Waals surface area (Å²) in [5.41, 5.74) is 0. The first-order valence-electron chi connectivity index (χ1n) is 14.6. The van der Waals surface area contributed by atoms with Crippen molar-refractivity contribution in [2.75, 3.05) is 37.8 Å². The number of ether oxygens (including phenoxy) is 2. The average Bonchev–Trinajstić information content (AvgIpc) is 3.15. The van der Waals surface area contributed by atoms with Gasteiger partial charge in [-0.25, -0.2) is 9.59 Å². The van der Waals surface area contributed by atoms with Gasteiger partial charge in [-0.1, -0.05) is 113 Å². The molecular formula is C28H52IN3O5. The van der Waals surface area contributed by atoms with E-state index < -0.39 is 6.09 Å². The van der Waals surface area contributed by atoms with Gasteiger partial charge < -0.3 is 19.7 Å². The predicted octanol–water partition coefficient (Wildman–Crippen LogP) is 6.69. The zero-order valence-electron chi connectivity index (χ0n) is 23.6. The van der Waals surface area contributed by atoms with Crippen LogP contribution in [0.15, 0.2) is 0 Å². The highest BCUT2D eigenvalue weighted by Gasteiger charge is 2.34. The van der Waals surface area contributed by atoms with Gasteiger partial charge in [0.15, 0.2) is 0 Å². The van der Waals surface area contributed by atoms with Crippen molar-refractivity contribution in [3.05, 3.63) is 0 Å². The molecule has 0 spiro atoms. The number of nitrogens with one attached hydrogen (secondary N) is 1. The summed E-state index contributed by atoms with van der Waals surface area (Å²) < 4.78 is 11.5. The lowest BCUT2D eigenvalue weighted by Crippen LogP contribution is -2.43. The number of alkyl halides is 1. The second-order valence-corrected chi connectivity index (χ2v) is 11.2. The number of carbonyl (C=O) groups is 3. The molecule has 0 bridgehead atoms. The molecule has 1 aliphatic heterocycles. The van der Waals surface area contributed by atoms with Crippen molar-refractivity contribution in [3.63, 3.8) is 0 Å². The molecule has 1 N–H and O–H groups in total. The number of hydrogen-bond donors (Lipinski definition) is 1. The molecule has 1 rings (SSSR count). The Morgan fingerprint density at radius 1 is 0.919 bits per heavy atom. The molecule has 2 unspecified atom stereocenters. The van der Waals surface area contributed by atoms with E-state index in [-0.39, 0.29) is 37.2 Å². The maximum absolute atomic E-state index is 12.3. The Balaban J connectivity index is 2.13. The van der Waals surface area contributed by atoms with Gasteiger partial charge in [0.2, 0.25) is 5.91 Å². The van der Waals surface area contributed by atoms with Gasteiger partial charge >= 0.3 is 12.1 Å². The van der Waals surface area contributed by atoms with Gasteiger partial charge in [-0.3, -0.25) is 9.69 Å². The zero-order valence-corrected chi connectivity index (χ0v) is 25.8. The van der Waals surface area contributed by atoms with Crippen LogP contribution in [0.2, 0.25) is 0 Å². The van der Waals surface area contributed by atoms with Gasteiger partial charge in [0, 0.05) is 24.6 Å². The highest BCUT2D eigenvalue weighted by atomic mass is 127. The quantitative estimate of drug-likeness (QED) is 0.0584. The second kappa shape index (κ2) is 21.8. The first kappa shape index (κ1) is 33.9. The molecule has 1 aliphatic rings. The lowest BCUT2D eigenvalue weighted by molar-refractivity contribution is -0.125. The summed E-state index contributed by atoms with van der Waals surface area (Å²) in [6, 6.07) is -0.345.